The highest BCUT2D eigenvalue weighted by atomic mass is 32.2. The topological polar surface area (TPSA) is 35.5 Å². The quantitative estimate of drug-likeness (QED) is 0.169. The molecular formula is C33H33O3S+. The molecule has 188 valence electrons. The monoisotopic (exact) mass is 509 g/mol. The van der Waals surface area contributed by atoms with Gasteiger partial charge in [-0.3, -0.25) is 0 Å². The van der Waals surface area contributed by atoms with Crippen LogP contribution in [0.5, 0.6) is 5.75 Å². The van der Waals surface area contributed by atoms with Gasteiger partial charge in [-0.1, -0.05) is 54.6 Å². The Morgan fingerprint density at radius 3 is 2.19 bits per heavy atom. The Kier molecular flexibility index (Phi) is 6.55. The number of aryl methyl sites for hydroxylation is 3. The third kappa shape index (κ3) is 4.62. The molecule has 0 spiro atoms. The van der Waals surface area contributed by atoms with Gasteiger partial charge in [-0.25, -0.2) is 4.79 Å². The van der Waals surface area contributed by atoms with Crippen molar-refractivity contribution in [1.29, 1.82) is 0 Å². The lowest BCUT2D eigenvalue weighted by molar-refractivity contribution is -0.159. The van der Waals surface area contributed by atoms with E-state index in [-0.39, 0.29) is 23.0 Å². The predicted octanol–water partition coefficient (Wildman–Crippen LogP) is 8.82. The van der Waals surface area contributed by atoms with Gasteiger partial charge in [0.1, 0.15) is 11.4 Å². The first-order valence-electron chi connectivity index (χ1n) is 12.6. The molecule has 0 saturated heterocycles. The van der Waals surface area contributed by atoms with Crippen LogP contribution in [0.3, 0.4) is 0 Å². The summed E-state index contributed by atoms with van der Waals surface area (Å²) in [7, 11) is -0.140. The molecule has 4 heteroatoms. The number of fused-ring (bicyclic) bond motifs is 3. The van der Waals surface area contributed by atoms with Crippen molar-refractivity contribution < 1.29 is 14.3 Å². The number of hydrogen-bond donors (Lipinski definition) is 0. The standard InChI is InChI=1S/C33H33O3S/c1-21-18-27(37-24(4)23(3)31-28-15-11-10-12-25(28)16-17-29(31)37)19-22(2)32(21)35-20-30(34)36-33(5,6)26-13-8-7-9-14-26/h7-19H,20H2,1-6H3/q+1. The summed E-state index contributed by atoms with van der Waals surface area (Å²) in [6, 6.07) is 27.3. The van der Waals surface area contributed by atoms with E-state index in [0.29, 0.717) is 0 Å². The summed E-state index contributed by atoms with van der Waals surface area (Å²) in [6.07, 6.45) is 0. The molecule has 0 aliphatic carbocycles. The number of thiophene rings is 1. The summed E-state index contributed by atoms with van der Waals surface area (Å²) >= 11 is 0. The summed E-state index contributed by atoms with van der Waals surface area (Å²) in [4.78, 5) is 15.4. The zero-order chi connectivity index (χ0) is 26.3. The SMILES string of the molecule is Cc1cc(-[s+]2c(C)c(C)c3c4ccccc4ccc32)cc(C)c1OCC(=O)OC(C)(C)c1ccccc1. The van der Waals surface area contributed by atoms with Crippen LogP contribution < -0.4 is 4.74 Å². The van der Waals surface area contributed by atoms with Crippen LogP contribution in [0.4, 0.5) is 0 Å². The van der Waals surface area contributed by atoms with Gasteiger partial charge in [-0.05, 0) is 74.2 Å². The van der Waals surface area contributed by atoms with Crippen molar-refractivity contribution in [3.05, 3.63) is 106 Å². The summed E-state index contributed by atoms with van der Waals surface area (Å²) in [5.74, 6) is 0.364. The molecule has 0 amide bonds. The molecule has 0 saturated carbocycles. The van der Waals surface area contributed by atoms with E-state index >= 15 is 0 Å². The Hall–Kier alpha value is -3.63. The molecule has 1 heterocycles. The molecule has 0 N–H and O–H groups in total. The van der Waals surface area contributed by atoms with Gasteiger partial charge in [-0.2, -0.15) is 0 Å². The second-order valence-corrected chi connectivity index (χ2v) is 12.3. The number of carbonyl (C=O) groups excluding carboxylic acids is 1. The van der Waals surface area contributed by atoms with E-state index in [9.17, 15) is 4.79 Å². The van der Waals surface area contributed by atoms with E-state index < -0.39 is 5.60 Å². The van der Waals surface area contributed by atoms with Crippen LogP contribution in [0, 0.1) is 27.7 Å². The Bertz CT molecular complexity index is 1600. The van der Waals surface area contributed by atoms with Crippen LogP contribution in [-0.2, 0) is 15.1 Å². The van der Waals surface area contributed by atoms with Crippen LogP contribution in [0.1, 0.15) is 41.0 Å². The maximum Gasteiger partial charge on any atom is 0.345 e. The minimum atomic E-state index is -0.724. The zero-order valence-electron chi connectivity index (χ0n) is 22.3. The third-order valence-electron chi connectivity index (χ3n) is 7.16. The van der Waals surface area contributed by atoms with Crippen molar-refractivity contribution in [2.24, 2.45) is 0 Å². The highest BCUT2D eigenvalue weighted by Gasteiger charge is 2.28. The number of rotatable bonds is 6. The van der Waals surface area contributed by atoms with Crippen LogP contribution in [0.15, 0.2) is 78.9 Å². The number of ether oxygens (including phenoxy) is 2. The van der Waals surface area contributed by atoms with Crippen LogP contribution >= 0.6 is 10.5 Å². The maximum atomic E-state index is 12.7. The highest BCUT2D eigenvalue weighted by molar-refractivity contribution is 7.45. The zero-order valence-corrected chi connectivity index (χ0v) is 23.2. The van der Waals surface area contributed by atoms with Gasteiger partial charge in [0.15, 0.2) is 21.1 Å². The first-order valence-corrected chi connectivity index (χ1v) is 13.8. The lowest BCUT2D eigenvalue weighted by Crippen LogP contribution is -2.28. The molecule has 3 nitrogen and oxygen atoms in total. The van der Waals surface area contributed by atoms with Crippen molar-refractivity contribution in [2.45, 2.75) is 47.1 Å². The largest absolute Gasteiger partial charge is 0.481 e. The predicted molar refractivity (Wildman–Crippen MR) is 155 cm³/mol. The fourth-order valence-electron chi connectivity index (χ4n) is 5.21. The molecule has 5 rings (SSSR count). The number of hydrogen-bond acceptors (Lipinski definition) is 3. The molecule has 0 fully saturated rings. The Morgan fingerprint density at radius 2 is 1.49 bits per heavy atom. The second-order valence-electron chi connectivity index (χ2n) is 10.2. The van der Waals surface area contributed by atoms with E-state index in [0.717, 1.165) is 22.4 Å². The molecule has 4 aromatic carbocycles. The van der Waals surface area contributed by atoms with Gasteiger partial charge >= 0.3 is 5.97 Å². The fraction of sp³-hybridized carbons (Fsp3) is 0.242. The molecule has 1 unspecified atom stereocenters. The first-order chi connectivity index (χ1) is 17.7. The number of benzene rings is 4. The van der Waals surface area contributed by atoms with Crippen molar-refractivity contribution in [3.63, 3.8) is 0 Å². The van der Waals surface area contributed by atoms with Crippen molar-refractivity contribution in [2.75, 3.05) is 6.61 Å². The molecule has 0 bridgehead atoms. The van der Waals surface area contributed by atoms with Gasteiger partial charge in [0.2, 0.25) is 0 Å². The molecule has 37 heavy (non-hydrogen) atoms. The number of carbonyl (C=O) groups is 1. The normalized spacial score (nSPS) is 12.2. The molecule has 0 radical (unpaired) electrons. The Labute approximate surface area is 221 Å². The minimum absolute atomic E-state index is 0.129. The Balaban J connectivity index is 1.42. The minimum Gasteiger partial charge on any atom is -0.481 e. The second kappa shape index (κ2) is 9.68. The van der Waals surface area contributed by atoms with Gasteiger partial charge in [-0.15, -0.1) is 0 Å². The number of esters is 1. The summed E-state index contributed by atoms with van der Waals surface area (Å²) in [5.41, 5.74) is 3.65. The van der Waals surface area contributed by atoms with E-state index in [4.69, 9.17) is 9.47 Å². The van der Waals surface area contributed by atoms with Crippen molar-refractivity contribution in [3.8, 4) is 10.6 Å². The fourth-order valence-corrected chi connectivity index (χ4v) is 7.81. The molecule has 1 atom stereocenters. The van der Waals surface area contributed by atoms with Gasteiger partial charge in [0, 0.05) is 35.1 Å². The van der Waals surface area contributed by atoms with E-state index in [2.05, 4.69) is 76.2 Å². The molecule has 1 aromatic heterocycles. The summed E-state index contributed by atoms with van der Waals surface area (Å²) in [6.45, 7) is 12.3. The van der Waals surface area contributed by atoms with Crippen molar-refractivity contribution >= 4 is 37.3 Å². The van der Waals surface area contributed by atoms with Gasteiger partial charge in [0.05, 0.1) is 5.39 Å². The third-order valence-corrected chi connectivity index (χ3v) is 9.57. The van der Waals surface area contributed by atoms with Crippen LogP contribution in [0.25, 0.3) is 25.8 Å². The summed E-state index contributed by atoms with van der Waals surface area (Å²) in [5, 5.41) is 3.97. The molecular weight excluding hydrogens is 476 g/mol. The average molecular weight is 510 g/mol. The van der Waals surface area contributed by atoms with Crippen LogP contribution in [0.2, 0.25) is 0 Å². The van der Waals surface area contributed by atoms with E-state index in [1.807, 2.05) is 44.2 Å². The Morgan fingerprint density at radius 1 is 0.838 bits per heavy atom. The van der Waals surface area contributed by atoms with Gasteiger partial charge < -0.3 is 9.47 Å². The summed E-state index contributed by atoms with van der Waals surface area (Å²) < 4.78 is 13.2. The highest BCUT2D eigenvalue weighted by Crippen LogP contribution is 2.49. The van der Waals surface area contributed by atoms with Crippen LogP contribution in [-0.4, -0.2) is 12.6 Å². The molecule has 0 aliphatic heterocycles. The average Bonchev–Trinajstić information content (AvgIpc) is 3.13. The van der Waals surface area contributed by atoms with E-state index in [1.165, 1.54) is 36.2 Å². The lowest BCUT2D eigenvalue weighted by atomic mass is 9.98. The maximum absolute atomic E-state index is 12.7. The molecule has 0 aliphatic rings. The molecule has 5 aromatic rings. The smallest absolute Gasteiger partial charge is 0.345 e. The first kappa shape index (κ1) is 25.0. The van der Waals surface area contributed by atoms with E-state index in [1.54, 1.807) is 0 Å². The van der Waals surface area contributed by atoms with Crippen molar-refractivity contribution in [1.82, 2.24) is 0 Å². The lowest BCUT2D eigenvalue weighted by Gasteiger charge is -2.25. The van der Waals surface area contributed by atoms with Gasteiger partial charge in [0.25, 0.3) is 0 Å².